The molecule has 0 spiro atoms. The lowest BCUT2D eigenvalue weighted by molar-refractivity contribution is -0.188. The van der Waals surface area contributed by atoms with E-state index in [4.69, 9.17) is 4.74 Å². The summed E-state index contributed by atoms with van der Waals surface area (Å²) in [6.45, 7) is 9.87. The third-order valence-corrected chi connectivity index (χ3v) is 7.47. The van der Waals surface area contributed by atoms with Gasteiger partial charge in [0.05, 0.1) is 20.2 Å². The summed E-state index contributed by atoms with van der Waals surface area (Å²) in [6.07, 6.45) is 4.37. The Labute approximate surface area is 222 Å². The van der Waals surface area contributed by atoms with Gasteiger partial charge in [-0.2, -0.15) is 0 Å². The Morgan fingerprint density at radius 3 is 2.46 bits per heavy atom. The molecule has 0 aliphatic carbocycles. The van der Waals surface area contributed by atoms with E-state index in [-0.39, 0.29) is 30.3 Å². The molecule has 3 rings (SSSR count). The molecule has 1 aromatic rings. The quantitative estimate of drug-likeness (QED) is 0.486. The summed E-state index contributed by atoms with van der Waals surface area (Å²) >= 11 is 0. The molecule has 0 radical (unpaired) electrons. The number of nitrogens with zero attached hydrogens (tertiary/aromatic N) is 4. The van der Waals surface area contributed by atoms with Gasteiger partial charge >= 0.3 is 6.03 Å². The van der Waals surface area contributed by atoms with Gasteiger partial charge < -0.3 is 19.9 Å². The van der Waals surface area contributed by atoms with E-state index in [1.54, 1.807) is 29.1 Å². The third-order valence-electron chi connectivity index (χ3n) is 7.47. The van der Waals surface area contributed by atoms with Crippen molar-refractivity contribution >= 4 is 17.8 Å². The van der Waals surface area contributed by atoms with Crippen LogP contribution in [-0.2, 0) is 16.1 Å². The number of urea groups is 1. The highest BCUT2D eigenvalue weighted by Gasteiger charge is 2.50. The van der Waals surface area contributed by atoms with Gasteiger partial charge in [-0.1, -0.05) is 59.1 Å². The maximum Gasteiger partial charge on any atom is 0.334 e. The molecule has 9 heteroatoms. The Bertz CT molecular complexity index is 922. The van der Waals surface area contributed by atoms with Crippen LogP contribution in [0.4, 0.5) is 4.79 Å². The SMILES string of the molecule is CCCCC(CC)CN1CC2N(C(=O)CN(C)N2C(=O)NCc2ccc(OC)cc2)[C@@H](CC(C)C)C1=O. The fourth-order valence-electron chi connectivity index (χ4n) is 5.38. The Kier molecular flexibility index (Phi) is 10.2. The Morgan fingerprint density at radius 1 is 1.16 bits per heavy atom. The van der Waals surface area contributed by atoms with Crippen molar-refractivity contribution < 1.29 is 19.1 Å². The first-order valence-electron chi connectivity index (χ1n) is 13.7. The molecule has 2 heterocycles. The van der Waals surface area contributed by atoms with Crippen LogP contribution in [0.25, 0.3) is 0 Å². The molecule has 37 heavy (non-hydrogen) atoms. The van der Waals surface area contributed by atoms with Crippen LogP contribution >= 0.6 is 0 Å². The van der Waals surface area contributed by atoms with E-state index in [1.165, 1.54) is 0 Å². The number of methoxy groups -OCH3 is 1. The number of nitrogens with one attached hydrogen (secondary N) is 1. The van der Waals surface area contributed by atoms with E-state index in [2.05, 4.69) is 33.0 Å². The number of hydrogen-bond donors (Lipinski definition) is 1. The minimum Gasteiger partial charge on any atom is -0.497 e. The molecule has 4 amide bonds. The number of carbonyl (C=O) groups excluding carboxylic acids is 3. The fraction of sp³-hybridized carbons (Fsp3) is 0.679. The average molecular weight is 516 g/mol. The summed E-state index contributed by atoms with van der Waals surface area (Å²) in [4.78, 5) is 44.1. The van der Waals surface area contributed by atoms with Gasteiger partial charge in [-0.15, -0.1) is 0 Å². The third kappa shape index (κ3) is 6.94. The van der Waals surface area contributed by atoms with E-state index in [9.17, 15) is 14.4 Å². The number of likely N-dealkylation sites (N-methyl/N-ethyl adjacent to an activating group) is 1. The van der Waals surface area contributed by atoms with E-state index in [0.29, 0.717) is 32.0 Å². The number of unbranched alkanes of at least 4 members (excludes halogenated alkanes) is 1. The second kappa shape index (κ2) is 13.1. The Balaban J connectivity index is 1.83. The second-order valence-electron chi connectivity index (χ2n) is 10.8. The second-order valence-corrected chi connectivity index (χ2v) is 10.8. The van der Waals surface area contributed by atoms with Gasteiger partial charge in [0, 0.05) is 20.1 Å². The Hall–Kier alpha value is -2.81. The molecular formula is C28H45N5O4. The number of fused-ring (bicyclic) bond motifs is 1. The number of hydrogen-bond acceptors (Lipinski definition) is 5. The fourth-order valence-corrected chi connectivity index (χ4v) is 5.38. The highest BCUT2D eigenvalue weighted by atomic mass is 16.5. The van der Waals surface area contributed by atoms with E-state index < -0.39 is 12.2 Å². The van der Waals surface area contributed by atoms with Crippen LogP contribution in [0.5, 0.6) is 5.75 Å². The summed E-state index contributed by atoms with van der Waals surface area (Å²) in [6, 6.07) is 6.71. The van der Waals surface area contributed by atoms with E-state index in [0.717, 1.165) is 37.0 Å². The lowest BCUT2D eigenvalue weighted by Gasteiger charge is -2.55. The molecule has 2 aliphatic rings. The Morgan fingerprint density at radius 2 is 1.86 bits per heavy atom. The van der Waals surface area contributed by atoms with Gasteiger partial charge in [0.2, 0.25) is 11.8 Å². The normalized spacial score (nSPS) is 21.3. The minimum atomic E-state index is -0.555. The number of carbonyl (C=O) groups is 3. The van der Waals surface area contributed by atoms with Gasteiger partial charge in [0.1, 0.15) is 18.0 Å². The molecule has 0 saturated carbocycles. The summed E-state index contributed by atoms with van der Waals surface area (Å²) in [7, 11) is 3.38. The van der Waals surface area contributed by atoms with Crippen molar-refractivity contribution in [2.24, 2.45) is 11.8 Å². The molecule has 2 unspecified atom stereocenters. The molecule has 9 nitrogen and oxygen atoms in total. The number of amides is 4. The van der Waals surface area contributed by atoms with Crippen molar-refractivity contribution in [3.8, 4) is 5.75 Å². The number of hydrazine groups is 1. The molecule has 2 aliphatic heterocycles. The first-order valence-corrected chi connectivity index (χ1v) is 13.7. The standard InChI is InChI=1S/C28H45N5O4/c1-7-9-10-21(8-2)17-31-18-25-32(24(27(31)35)15-20(3)4)26(34)19-30(5)33(25)28(36)29-16-22-11-13-23(37-6)14-12-22/h11-14,20-21,24-25H,7-10,15-19H2,1-6H3,(H,29,36)/t21?,24-,25?/m0/s1. The number of benzene rings is 1. The summed E-state index contributed by atoms with van der Waals surface area (Å²) < 4.78 is 5.21. The topological polar surface area (TPSA) is 85.4 Å². The first kappa shape index (κ1) is 28.8. The monoisotopic (exact) mass is 515 g/mol. The maximum atomic E-state index is 13.7. The summed E-state index contributed by atoms with van der Waals surface area (Å²) in [5.74, 6) is 1.30. The lowest BCUT2D eigenvalue weighted by Crippen LogP contribution is -2.76. The van der Waals surface area contributed by atoms with Crippen molar-refractivity contribution in [1.82, 2.24) is 25.1 Å². The minimum absolute atomic E-state index is 0.0105. The van der Waals surface area contributed by atoms with Gasteiger partial charge in [-0.3, -0.25) is 9.59 Å². The number of ether oxygens (including phenoxy) is 1. The molecule has 0 bridgehead atoms. The van der Waals surface area contributed by atoms with Crippen LogP contribution in [0.15, 0.2) is 24.3 Å². The van der Waals surface area contributed by atoms with Gasteiger partial charge in [0.25, 0.3) is 0 Å². The van der Waals surface area contributed by atoms with Crippen LogP contribution in [0.1, 0.15) is 65.4 Å². The van der Waals surface area contributed by atoms with Gasteiger partial charge in [0.15, 0.2) is 0 Å². The molecule has 2 saturated heterocycles. The van der Waals surface area contributed by atoms with Crippen LogP contribution in [-0.4, -0.2) is 83.7 Å². The zero-order valence-electron chi connectivity index (χ0n) is 23.4. The molecule has 1 aromatic carbocycles. The van der Waals surface area contributed by atoms with Gasteiger partial charge in [-0.05, 0) is 42.4 Å². The maximum absolute atomic E-state index is 13.7. The molecular weight excluding hydrogens is 470 g/mol. The molecule has 0 aromatic heterocycles. The molecule has 2 fully saturated rings. The van der Waals surface area contributed by atoms with Crippen LogP contribution in [0, 0.1) is 11.8 Å². The molecule has 3 atom stereocenters. The predicted octanol–water partition coefficient (Wildman–Crippen LogP) is 3.70. The van der Waals surface area contributed by atoms with Crippen molar-refractivity contribution in [3.05, 3.63) is 29.8 Å². The zero-order chi connectivity index (χ0) is 27.1. The highest BCUT2D eigenvalue weighted by molar-refractivity contribution is 5.91. The predicted molar refractivity (Wildman–Crippen MR) is 143 cm³/mol. The largest absolute Gasteiger partial charge is 0.497 e. The number of piperazine rings is 1. The zero-order valence-corrected chi connectivity index (χ0v) is 23.4. The molecule has 1 N–H and O–H groups in total. The summed E-state index contributed by atoms with van der Waals surface area (Å²) in [5, 5.41) is 6.32. The van der Waals surface area contributed by atoms with Crippen LogP contribution in [0.3, 0.4) is 0 Å². The van der Waals surface area contributed by atoms with E-state index >= 15 is 0 Å². The average Bonchev–Trinajstić information content (AvgIpc) is 2.87. The van der Waals surface area contributed by atoms with Crippen molar-refractivity contribution in [2.75, 3.05) is 33.8 Å². The molecule has 206 valence electrons. The highest BCUT2D eigenvalue weighted by Crippen LogP contribution is 2.30. The number of rotatable bonds is 11. The van der Waals surface area contributed by atoms with Crippen molar-refractivity contribution in [1.29, 1.82) is 0 Å². The van der Waals surface area contributed by atoms with Crippen molar-refractivity contribution in [3.63, 3.8) is 0 Å². The van der Waals surface area contributed by atoms with Gasteiger partial charge in [-0.25, -0.2) is 14.8 Å². The summed E-state index contributed by atoms with van der Waals surface area (Å²) in [5.41, 5.74) is 0.946. The van der Waals surface area contributed by atoms with Crippen molar-refractivity contribution in [2.45, 2.75) is 78.6 Å². The smallest absolute Gasteiger partial charge is 0.334 e. The first-order chi connectivity index (χ1) is 17.7. The lowest BCUT2D eigenvalue weighted by atomic mass is 9.94. The van der Waals surface area contributed by atoms with Crippen LogP contribution in [0.2, 0.25) is 0 Å². The van der Waals surface area contributed by atoms with Crippen LogP contribution < -0.4 is 10.1 Å². The van der Waals surface area contributed by atoms with E-state index in [1.807, 2.05) is 29.2 Å².